The van der Waals surface area contributed by atoms with Gasteiger partial charge in [0.1, 0.15) is 11.6 Å². The zero-order chi connectivity index (χ0) is 25.1. The van der Waals surface area contributed by atoms with Crippen molar-refractivity contribution in [2.75, 3.05) is 20.3 Å². The molecule has 6 nitrogen and oxygen atoms in total. The molecule has 4 aromatic rings. The minimum absolute atomic E-state index is 0.0448. The van der Waals surface area contributed by atoms with E-state index < -0.39 is 17.8 Å². The van der Waals surface area contributed by atoms with Gasteiger partial charge in [-0.05, 0) is 56.7 Å². The lowest BCUT2D eigenvalue weighted by Crippen LogP contribution is -2.39. The molecule has 4 rings (SSSR count). The Morgan fingerprint density at radius 1 is 1.09 bits per heavy atom. The number of para-hydroxylation sites is 1. The minimum Gasteiger partial charge on any atom is -0.383 e. The van der Waals surface area contributed by atoms with Gasteiger partial charge >= 0.3 is 0 Å². The zero-order valence-corrected chi connectivity index (χ0v) is 20.3. The second kappa shape index (κ2) is 10.2. The smallest absolute Gasteiger partial charge is 0.266 e. The molecular weight excluding hydrogens is 445 g/mol. The van der Waals surface area contributed by atoms with Crippen LogP contribution in [0, 0.1) is 19.7 Å². The number of methoxy groups -OCH3 is 1. The third kappa shape index (κ3) is 4.72. The van der Waals surface area contributed by atoms with Crippen LogP contribution in [0.5, 0.6) is 0 Å². The van der Waals surface area contributed by atoms with Crippen molar-refractivity contribution in [1.29, 1.82) is 0 Å². The molecule has 0 aliphatic heterocycles. The molecule has 180 valence electrons. The molecule has 0 bridgehead atoms. The summed E-state index contributed by atoms with van der Waals surface area (Å²) in [4.78, 5) is 33.6. The van der Waals surface area contributed by atoms with Gasteiger partial charge in [0, 0.05) is 13.7 Å². The molecule has 0 radical (unpaired) electrons. The van der Waals surface area contributed by atoms with Crippen molar-refractivity contribution in [1.82, 2.24) is 14.5 Å². The summed E-state index contributed by atoms with van der Waals surface area (Å²) in [5.74, 6) is -0.714. The van der Waals surface area contributed by atoms with E-state index in [9.17, 15) is 14.0 Å². The molecule has 1 atom stereocenters. The third-order valence-electron chi connectivity index (χ3n) is 6.14. The highest BCUT2D eigenvalue weighted by molar-refractivity contribution is 5.94. The standard InChI is InChI=1S/C28H28FN3O3/c1-18-13-14-25(19(2)17-18)32-26(30-24-12-8-6-10-22(24)28(32)34)20(3)31(15-16-35-4)27(33)21-9-5-7-11-23(21)29/h5-14,17,20H,15-16H2,1-4H3. The average molecular weight is 474 g/mol. The molecule has 1 amide bonds. The fourth-order valence-electron chi connectivity index (χ4n) is 4.31. The minimum atomic E-state index is -0.657. The highest BCUT2D eigenvalue weighted by Gasteiger charge is 2.29. The highest BCUT2D eigenvalue weighted by atomic mass is 19.1. The van der Waals surface area contributed by atoms with Crippen LogP contribution in [-0.4, -0.2) is 40.6 Å². The van der Waals surface area contributed by atoms with Crippen LogP contribution >= 0.6 is 0 Å². The molecule has 1 unspecified atom stereocenters. The predicted molar refractivity (Wildman–Crippen MR) is 135 cm³/mol. The normalized spacial score (nSPS) is 12.0. The zero-order valence-electron chi connectivity index (χ0n) is 20.3. The Morgan fingerprint density at radius 2 is 1.80 bits per heavy atom. The summed E-state index contributed by atoms with van der Waals surface area (Å²) in [5, 5.41) is 0.479. The number of nitrogens with zero attached hydrogens (tertiary/aromatic N) is 3. The Morgan fingerprint density at radius 3 is 2.51 bits per heavy atom. The van der Waals surface area contributed by atoms with Gasteiger partial charge < -0.3 is 9.64 Å². The maximum Gasteiger partial charge on any atom is 0.266 e. The fourth-order valence-corrected chi connectivity index (χ4v) is 4.31. The van der Waals surface area contributed by atoms with Crippen molar-refractivity contribution in [3.8, 4) is 5.69 Å². The number of ether oxygens (including phenoxy) is 1. The maximum absolute atomic E-state index is 14.5. The number of hydrogen-bond acceptors (Lipinski definition) is 4. The predicted octanol–water partition coefficient (Wildman–Crippen LogP) is 4.99. The summed E-state index contributed by atoms with van der Waals surface area (Å²) in [6.07, 6.45) is 0. The number of fused-ring (bicyclic) bond motifs is 1. The molecule has 1 heterocycles. The summed E-state index contributed by atoms with van der Waals surface area (Å²) in [7, 11) is 1.54. The van der Waals surface area contributed by atoms with Gasteiger partial charge in [-0.25, -0.2) is 9.37 Å². The van der Waals surface area contributed by atoms with Crippen LogP contribution in [0.1, 0.15) is 40.3 Å². The van der Waals surface area contributed by atoms with Crippen LogP contribution in [-0.2, 0) is 4.74 Å². The van der Waals surface area contributed by atoms with Crippen molar-refractivity contribution in [3.05, 3.63) is 105 Å². The van der Waals surface area contributed by atoms with Crippen molar-refractivity contribution in [2.24, 2.45) is 0 Å². The van der Waals surface area contributed by atoms with Crippen LogP contribution in [0.2, 0.25) is 0 Å². The van der Waals surface area contributed by atoms with Crippen LogP contribution in [0.15, 0.2) is 71.5 Å². The van der Waals surface area contributed by atoms with Gasteiger partial charge in [-0.1, -0.05) is 42.0 Å². The van der Waals surface area contributed by atoms with E-state index in [1.54, 1.807) is 35.8 Å². The Kier molecular flexibility index (Phi) is 7.07. The largest absolute Gasteiger partial charge is 0.383 e. The molecule has 7 heteroatoms. The summed E-state index contributed by atoms with van der Waals surface area (Å²) < 4.78 is 21.4. The van der Waals surface area contributed by atoms with Gasteiger partial charge in [0.15, 0.2) is 0 Å². The SMILES string of the molecule is COCCN(C(=O)c1ccccc1F)C(C)c1nc2ccccc2c(=O)n1-c1ccc(C)cc1C. The molecule has 35 heavy (non-hydrogen) atoms. The lowest BCUT2D eigenvalue weighted by molar-refractivity contribution is 0.0601. The lowest BCUT2D eigenvalue weighted by atomic mass is 10.1. The lowest BCUT2D eigenvalue weighted by Gasteiger charge is -2.31. The molecule has 0 spiro atoms. The number of halogens is 1. The maximum atomic E-state index is 14.5. The van der Waals surface area contributed by atoms with Crippen molar-refractivity contribution in [3.63, 3.8) is 0 Å². The number of aryl methyl sites for hydroxylation is 2. The number of carbonyl (C=O) groups is 1. The number of aromatic nitrogens is 2. The number of hydrogen-bond donors (Lipinski definition) is 0. The van der Waals surface area contributed by atoms with E-state index in [0.717, 1.165) is 11.1 Å². The first-order chi connectivity index (χ1) is 16.8. The Labute approximate surface area is 203 Å². The number of benzene rings is 3. The van der Waals surface area contributed by atoms with E-state index in [4.69, 9.17) is 9.72 Å². The van der Waals surface area contributed by atoms with E-state index in [1.165, 1.54) is 30.2 Å². The van der Waals surface area contributed by atoms with Crippen molar-refractivity contribution in [2.45, 2.75) is 26.8 Å². The molecule has 0 aliphatic rings. The van der Waals surface area contributed by atoms with Gasteiger partial charge in [0.25, 0.3) is 11.5 Å². The van der Waals surface area contributed by atoms with Crippen LogP contribution in [0.4, 0.5) is 4.39 Å². The van der Waals surface area contributed by atoms with Gasteiger partial charge in [-0.15, -0.1) is 0 Å². The molecule has 0 saturated carbocycles. The molecule has 0 fully saturated rings. The summed E-state index contributed by atoms with van der Waals surface area (Å²) >= 11 is 0. The average Bonchev–Trinajstić information content (AvgIpc) is 2.85. The van der Waals surface area contributed by atoms with E-state index in [2.05, 4.69) is 0 Å². The van der Waals surface area contributed by atoms with Gasteiger partial charge in [-0.3, -0.25) is 14.2 Å². The van der Waals surface area contributed by atoms with Crippen LogP contribution < -0.4 is 5.56 Å². The molecular formula is C28H28FN3O3. The first kappa shape index (κ1) is 24.3. The van der Waals surface area contributed by atoms with E-state index in [1.807, 2.05) is 38.1 Å². The molecule has 0 N–H and O–H groups in total. The molecule has 3 aromatic carbocycles. The van der Waals surface area contributed by atoms with Crippen LogP contribution in [0.25, 0.3) is 16.6 Å². The summed E-state index contributed by atoms with van der Waals surface area (Å²) in [6.45, 7) is 6.16. The van der Waals surface area contributed by atoms with Gasteiger partial charge in [0.2, 0.25) is 0 Å². The van der Waals surface area contributed by atoms with E-state index >= 15 is 0 Å². The summed E-state index contributed by atoms with van der Waals surface area (Å²) in [6, 6.07) is 18.2. The second-order valence-electron chi connectivity index (χ2n) is 8.56. The quantitative estimate of drug-likeness (QED) is 0.379. The molecule has 0 aliphatic carbocycles. The van der Waals surface area contributed by atoms with E-state index in [0.29, 0.717) is 22.4 Å². The summed E-state index contributed by atoms with van der Waals surface area (Å²) in [5.41, 5.74) is 2.92. The first-order valence-electron chi connectivity index (χ1n) is 11.5. The first-order valence-corrected chi connectivity index (χ1v) is 11.5. The Hall–Kier alpha value is -3.84. The third-order valence-corrected chi connectivity index (χ3v) is 6.14. The van der Waals surface area contributed by atoms with Crippen molar-refractivity contribution >= 4 is 16.8 Å². The highest BCUT2D eigenvalue weighted by Crippen LogP contribution is 2.26. The fraction of sp³-hybridized carbons (Fsp3) is 0.250. The topological polar surface area (TPSA) is 64.4 Å². The monoisotopic (exact) mass is 473 g/mol. The van der Waals surface area contributed by atoms with Gasteiger partial charge in [-0.2, -0.15) is 0 Å². The van der Waals surface area contributed by atoms with Crippen LogP contribution in [0.3, 0.4) is 0 Å². The Balaban J connectivity index is 1.94. The Bertz CT molecular complexity index is 1450. The molecule has 1 aromatic heterocycles. The van der Waals surface area contributed by atoms with Gasteiger partial charge in [0.05, 0.1) is 34.8 Å². The van der Waals surface area contributed by atoms with E-state index in [-0.39, 0.29) is 24.3 Å². The van der Waals surface area contributed by atoms with Crippen molar-refractivity contribution < 1.29 is 13.9 Å². The number of rotatable bonds is 7. The second-order valence-corrected chi connectivity index (χ2v) is 8.56. The number of amides is 1. The number of carbonyl (C=O) groups excluding carboxylic acids is 1. The molecule has 0 saturated heterocycles.